The van der Waals surface area contributed by atoms with E-state index in [9.17, 15) is 0 Å². The molecule has 0 saturated carbocycles. The lowest BCUT2D eigenvalue weighted by atomic mass is 10.0. The number of ether oxygens (including phenoxy) is 2. The normalized spacial score (nSPS) is 23.2. The number of nitrogens with zero attached hydrogens (tertiary/aromatic N) is 3. The molecule has 3 atom stereocenters. The van der Waals surface area contributed by atoms with Gasteiger partial charge in [0.2, 0.25) is 0 Å². The lowest BCUT2D eigenvalue weighted by Crippen LogP contribution is -2.53. The summed E-state index contributed by atoms with van der Waals surface area (Å²) in [6, 6.07) is 9.71. The molecule has 1 aromatic rings. The van der Waals surface area contributed by atoms with E-state index in [2.05, 4.69) is 63.5 Å². The quantitative estimate of drug-likeness (QED) is 0.487. The molecule has 0 amide bonds. The summed E-state index contributed by atoms with van der Waals surface area (Å²) in [5, 5.41) is 7.12. The zero-order valence-corrected chi connectivity index (χ0v) is 19.8. The van der Waals surface area contributed by atoms with Gasteiger partial charge < -0.3 is 20.1 Å². The fourth-order valence-electron chi connectivity index (χ4n) is 4.68. The number of methoxy groups -OCH3 is 1. The molecule has 2 aliphatic rings. The van der Waals surface area contributed by atoms with Crippen molar-refractivity contribution in [3.8, 4) is 5.75 Å². The standard InChI is InChI=1S/C24H41N5O2/c1-19(29-14-15-31-18-20(29)2)16-26-24(25-3)27-17-23(28-12-6-5-7-13-28)21-8-10-22(30-4)11-9-21/h8-11,19-20,23H,5-7,12-18H2,1-4H3,(H2,25,26,27). The Balaban J connectivity index is 1.57. The smallest absolute Gasteiger partial charge is 0.191 e. The average Bonchev–Trinajstić information content (AvgIpc) is 2.82. The predicted molar refractivity (Wildman–Crippen MR) is 127 cm³/mol. The number of hydrogen-bond donors (Lipinski definition) is 2. The average molecular weight is 432 g/mol. The van der Waals surface area contributed by atoms with Gasteiger partial charge in [-0.15, -0.1) is 0 Å². The van der Waals surface area contributed by atoms with Gasteiger partial charge in [0.05, 0.1) is 26.4 Å². The van der Waals surface area contributed by atoms with Gasteiger partial charge in [0.15, 0.2) is 5.96 Å². The van der Waals surface area contributed by atoms with Crippen LogP contribution in [-0.4, -0.2) is 87.9 Å². The molecule has 7 nitrogen and oxygen atoms in total. The van der Waals surface area contributed by atoms with E-state index in [0.717, 1.165) is 57.6 Å². The monoisotopic (exact) mass is 431 g/mol. The number of hydrogen-bond acceptors (Lipinski definition) is 5. The van der Waals surface area contributed by atoms with Crippen molar-refractivity contribution in [3.63, 3.8) is 0 Å². The zero-order chi connectivity index (χ0) is 22.1. The number of aliphatic imine (C=N–C) groups is 1. The molecule has 2 heterocycles. The van der Waals surface area contributed by atoms with Crippen LogP contribution in [0.15, 0.2) is 29.3 Å². The van der Waals surface area contributed by atoms with Gasteiger partial charge in [-0.1, -0.05) is 18.6 Å². The van der Waals surface area contributed by atoms with E-state index in [4.69, 9.17) is 9.47 Å². The summed E-state index contributed by atoms with van der Waals surface area (Å²) in [6.45, 7) is 11.1. The molecular formula is C24H41N5O2. The van der Waals surface area contributed by atoms with Gasteiger partial charge >= 0.3 is 0 Å². The number of morpholine rings is 1. The maximum absolute atomic E-state index is 5.58. The Labute approximate surface area is 188 Å². The number of guanidine groups is 1. The number of piperidine rings is 1. The summed E-state index contributed by atoms with van der Waals surface area (Å²) in [7, 11) is 3.56. The summed E-state index contributed by atoms with van der Waals surface area (Å²) >= 11 is 0. The minimum absolute atomic E-state index is 0.321. The maximum Gasteiger partial charge on any atom is 0.191 e. The van der Waals surface area contributed by atoms with E-state index in [1.807, 2.05) is 7.05 Å². The lowest BCUT2D eigenvalue weighted by molar-refractivity contribution is -0.0174. The first-order valence-electron chi connectivity index (χ1n) is 11.8. The summed E-state index contributed by atoms with van der Waals surface area (Å²) in [5.41, 5.74) is 1.32. The predicted octanol–water partition coefficient (Wildman–Crippen LogP) is 2.50. The van der Waals surface area contributed by atoms with Crippen LogP contribution in [-0.2, 0) is 4.74 Å². The molecule has 2 fully saturated rings. The van der Waals surface area contributed by atoms with Crippen LogP contribution < -0.4 is 15.4 Å². The summed E-state index contributed by atoms with van der Waals surface area (Å²) in [5.74, 6) is 1.76. The van der Waals surface area contributed by atoms with Crippen molar-refractivity contribution in [1.82, 2.24) is 20.4 Å². The third kappa shape index (κ3) is 6.82. The minimum Gasteiger partial charge on any atom is -0.497 e. The topological polar surface area (TPSA) is 61.4 Å². The second-order valence-electron chi connectivity index (χ2n) is 8.73. The first-order valence-corrected chi connectivity index (χ1v) is 11.8. The van der Waals surface area contributed by atoms with Gasteiger partial charge in [-0.25, -0.2) is 0 Å². The van der Waals surface area contributed by atoms with Crippen molar-refractivity contribution >= 4 is 5.96 Å². The molecule has 174 valence electrons. The maximum atomic E-state index is 5.58. The number of rotatable bonds is 8. The van der Waals surface area contributed by atoms with Crippen LogP contribution in [0.3, 0.4) is 0 Å². The zero-order valence-electron chi connectivity index (χ0n) is 19.8. The highest BCUT2D eigenvalue weighted by molar-refractivity contribution is 5.79. The van der Waals surface area contributed by atoms with Crippen LogP contribution in [0.1, 0.15) is 44.7 Å². The Hall–Kier alpha value is -1.83. The van der Waals surface area contributed by atoms with Crippen molar-refractivity contribution < 1.29 is 9.47 Å². The molecule has 3 rings (SSSR count). The molecule has 7 heteroatoms. The van der Waals surface area contributed by atoms with Gasteiger partial charge in [-0.05, 0) is 57.5 Å². The van der Waals surface area contributed by atoms with Gasteiger partial charge in [0.1, 0.15) is 5.75 Å². The SMILES string of the molecule is CN=C(NCC(c1ccc(OC)cc1)N1CCCCC1)NCC(C)N1CCOCC1C. The Bertz CT molecular complexity index is 675. The first-order chi connectivity index (χ1) is 15.1. The van der Waals surface area contributed by atoms with Crippen molar-refractivity contribution in [2.75, 3.05) is 60.1 Å². The van der Waals surface area contributed by atoms with Crippen LogP contribution in [0, 0.1) is 0 Å². The van der Waals surface area contributed by atoms with Crippen molar-refractivity contribution in [1.29, 1.82) is 0 Å². The fraction of sp³-hybridized carbons (Fsp3) is 0.708. The van der Waals surface area contributed by atoms with E-state index in [0.29, 0.717) is 18.1 Å². The number of nitrogens with one attached hydrogen (secondary N) is 2. The molecule has 1 aromatic carbocycles. The molecule has 2 saturated heterocycles. The summed E-state index contributed by atoms with van der Waals surface area (Å²) in [6.07, 6.45) is 3.88. The van der Waals surface area contributed by atoms with Crippen LogP contribution in [0.5, 0.6) is 5.75 Å². The molecule has 3 unspecified atom stereocenters. The molecule has 0 spiro atoms. The Morgan fingerprint density at radius 2 is 1.84 bits per heavy atom. The van der Waals surface area contributed by atoms with E-state index in [1.165, 1.54) is 24.8 Å². The highest BCUT2D eigenvalue weighted by Crippen LogP contribution is 2.25. The highest BCUT2D eigenvalue weighted by atomic mass is 16.5. The molecule has 0 aliphatic carbocycles. The van der Waals surface area contributed by atoms with Crippen LogP contribution in [0.2, 0.25) is 0 Å². The van der Waals surface area contributed by atoms with Crippen LogP contribution in [0.25, 0.3) is 0 Å². The third-order valence-electron chi connectivity index (χ3n) is 6.57. The largest absolute Gasteiger partial charge is 0.497 e. The van der Waals surface area contributed by atoms with Crippen molar-refractivity contribution in [2.45, 2.75) is 51.2 Å². The second-order valence-corrected chi connectivity index (χ2v) is 8.73. The number of benzene rings is 1. The van der Waals surface area contributed by atoms with E-state index in [1.54, 1.807) is 7.11 Å². The fourth-order valence-corrected chi connectivity index (χ4v) is 4.68. The highest BCUT2D eigenvalue weighted by Gasteiger charge is 2.25. The Morgan fingerprint density at radius 3 is 2.48 bits per heavy atom. The van der Waals surface area contributed by atoms with Gasteiger partial charge in [-0.2, -0.15) is 0 Å². The van der Waals surface area contributed by atoms with E-state index in [-0.39, 0.29) is 0 Å². The van der Waals surface area contributed by atoms with Crippen LogP contribution in [0.4, 0.5) is 0 Å². The summed E-state index contributed by atoms with van der Waals surface area (Å²) in [4.78, 5) is 9.59. The van der Waals surface area contributed by atoms with Crippen LogP contribution >= 0.6 is 0 Å². The first kappa shape index (κ1) is 23.8. The lowest BCUT2D eigenvalue weighted by Gasteiger charge is -2.38. The molecular weight excluding hydrogens is 390 g/mol. The van der Waals surface area contributed by atoms with Gasteiger partial charge in [0, 0.05) is 38.8 Å². The van der Waals surface area contributed by atoms with Crippen molar-refractivity contribution in [3.05, 3.63) is 29.8 Å². The Morgan fingerprint density at radius 1 is 1.13 bits per heavy atom. The molecule has 0 radical (unpaired) electrons. The second kappa shape index (κ2) is 12.3. The molecule has 2 N–H and O–H groups in total. The molecule has 31 heavy (non-hydrogen) atoms. The minimum atomic E-state index is 0.321. The van der Waals surface area contributed by atoms with Gasteiger partial charge in [0.25, 0.3) is 0 Å². The van der Waals surface area contributed by atoms with Crippen molar-refractivity contribution in [2.24, 2.45) is 4.99 Å². The molecule has 0 bridgehead atoms. The number of likely N-dealkylation sites (tertiary alicyclic amines) is 1. The molecule has 2 aliphatic heterocycles. The van der Waals surface area contributed by atoms with E-state index < -0.39 is 0 Å². The van der Waals surface area contributed by atoms with E-state index >= 15 is 0 Å². The third-order valence-corrected chi connectivity index (χ3v) is 6.57. The Kier molecular flexibility index (Phi) is 9.43. The van der Waals surface area contributed by atoms with Gasteiger partial charge in [-0.3, -0.25) is 14.8 Å². The molecule has 0 aromatic heterocycles. The summed E-state index contributed by atoms with van der Waals surface area (Å²) < 4.78 is 10.9.